The van der Waals surface area contributed by atoms with Gasteiger partial charge in [-0.05, 0) is 51.8 Å². The second-order valence-corrected chi connectivity index (χ2v) is 7.51. The lowest BCUT2D eigenvalue weighted by molar-refractivity contribution is 0.0219. The number of halogens is 2. The van der Waals surface area contributed by atoms with E-state index in [2.05, 4.69) is 5.16 Å². The Balaban J connectivity index is 1.84. The number of hydrogen-bond acceptors (Lipinski definition) is 4. The first-order valence-corrected chi connectivity index (χ1v) is 8.54. The van der Waals surface area contributed by atoms with Crippen LogP contribution in [0.3, 0.4) is 0 Å². The SMILES string of the molecule is CC(C)(C)OC(=O)N1CCCC1c1cc(-c2cc(Cl)ccc2F)on1. The third-order valence-corrected chi connectivity index (χ3v) is 4.18. The molecule has 3 rings (SSSR count). The van der Waals surface area contributed by atoms with Gasteiger partial charge in [0.15, 0.2) is 5.76 Å². The minimum Gasteiger partial charge on any atom is -0.444 e. The Labute approximate surface area is 150 Å². The van der Waals surface area contributed by atoms with Gasteiger partial charge < -0.3 is 9.26 Å². The molecule has 5 nitrogen and oxygen atoms in total. The topological polar surface area (TPSA) is 55.6 Å². The van der Waals surface area contributed by atoms with Crippen molar-refractivity contribution in [1.82, 2.24) is 10.1 Å². The van der Waals surface area contributed by atoms with Crippen LogP contribution in [-0.2, 0) is 4.74 Å². The fraction of sp³-hybridized carbons (Fsp3) is 0.444. The Kier molecular flexibility index (Phi) is 4.73. The van der Waals surface area contributed by atoms with Crippen LogP contribution >= 0.6 is 11.6 Å². The van der Waals surface area contributed by atoms with Crippen LogP contribution in [0, 0.1) is 5.82 Å². The summed E-state index contributed by atoms with van der Waals surface area (Å²) >= 11 is 5.93. The van der Waals surface area contributed by atoms with Crippen molar-refractivity contribution in [1.29, 1.82) is 0 Å². The molecule has 1 unspecified atom stereocenters. The first-order valence-electron chi connectivity index (χ1n) is 8.16. The van der Waals surface area contributed by atoms with Crippen molar-refractivity contribution >= 4 is 17.7 Å². The lowest BCUT2D eigenvalue weighted by Gasteiger charge is -2.27. The number of hydrogen-bond donors (Lipinski definition) is 0. The standard InChI is InChI=1S/C18H20ClFN2O3/c1-18(2,3)24-17(23)22-8-4-5-15(22)14-10-16(25-21-14)12-9-11(19)6-7-13(12)20/h6-7,9-10,15H,4-5,8H2,1-3H3. The highest BCUT2D eigenvalue weighted by Crippen LogP contribution is 2.35. The van der Waals surface area contributed by atoms with E-state index in [0.717, 1.165) is 12.8 Å². The summed E-state index contributed by atoms with van der Waals surface area (Å²) in [6.07, 6.45) is 1.22. The minimum atomic E-state index is -0.566. The number of carbonyl (C=O) groups excluding carboxylic acids is 1. The van der Waals surface area contributed by atoms with E-state index in [1.54, 1.807) is 11.0 Å². The average Bonchev–Trinajstić information content (AvgIpc) is 3.15. The first-order chi connectivity index (χ1) is 11.7. The molecule has 0 N–H and O–H groups in total. The van der Waals surface area contributed by atoms with Gasteiger partial charge in [-0.15, -0.1) is 0 Å². The number of rotatable bonds is 2. The van der Waals surface area contributed by atoms with Crippen molar-refractivity contribution in [2.45, 2.75) is 45.3 Å². The molecule has 134 valence electrons. The number of amides is 1. The number of nitrogens with zero attached hydrogens (tertiary/aromatic N) is 2. The number of carbonyl (C=O) groups is 1. The number of benzene rings is 1. The summed E-state index contributed by atoms with van der Waals surface area (Å²) in [5, 5.41) is 4.45. The molecule has 1 aliphatic heterocycles. The van der Waals surface area contributed by atoms with E-state index in [4.69, 9.17) is 20.9 Å². The maximum Gasteiger partial charge on any atom is 0.410 e. The maximum absolute atomic E-state index is 14.0. The second kappa shape index (κ2) is 6.67. The van der Waals surface area contributed by atoms with Crippen LogP contribution in [-0.4, -0.2) is 28.3 Å². The van der Waals surface area contributed by atoms with Gasteiger partial charge in [0.2, 0.25) is 0 Å². The molecule has 0 aliphatic carbocycles. The molecule has 1 aromatic carbocycles. The van der Waals surface area contributed by atoms with Gasteiger partial charge in [-0.25, -0.2) is 9.18 Å². The Morgan fingerprint density at radius 1 is 1.40 bits per heavy atom. The van der Waals surface area contributed by atoms with Gasteiger partial charge in [-0.2, -0.15) is 0 Å². The van der Waals surface area contributed by atoms with E-state index in [0.29, 0.717) is 17.3 Å². The summed E-state index contributed by atoms with van der Waals surface area (Å²) in [7, 11) is 0. The first kappa shape index (κ1) is 17.7. The minimum absolute atomic E-state index is 0.241. The van der Waals surface area contributed by atoms with Gasteiger partial charge in [0.1, 0.15) is 17.1 Å². The molecular weight excluding hydrogens is 347 g/mol. The number of aromatic nitrogens is 1. The van der Waals surface area contributed by atoms with E-state index < -0.39 is 11.4 Å². The van der Waals surface area contributed by atoms with Gasteiger partial charge in [-0.3, -0.25) is 4.90 Å². The molecule has 1 aromatic heterocycles. The van der Waals surface area contributed by atoms with E-state index in [9.17, 15) is 9.18 Å². The molecule has 1 fully saturated rings. The third kappa shape index (κ3) is 3.95. The van der Waals surface area contributed by atoms with Crippen molar-refractivity contribution < 1.29 is 18.4 Å². The van der Waals surface area contributed by atoms with Crippen molar-refractivity contribution in [2.24, 2.45) is 0 Å². The largest absolute Gasteiger partial charge is 0.444 e. The Morgan fingerprint density at radius 2 is 2.16 bits per heavy atom. The zero-order valence-electron chi connectivity index (χ0n) is 14.4. The number of likely N-dealkylation sites (tertiary alicyclic amines) is 1. The predicted molar refractivity (Wildman–Crippen MR) is 91.8 cm³/mol. The summed E-state index contributed by atoms with van der Waals surface area (Å²) in [6, 6.07) is 5.65. The molecule has 7 heteroatoms. The molecule has 0 saturated carbocycles. The van der Waals surface area contributed by atoms with Crippen LogP contribution in [0.5, 0.6) is 0 Å². The molecule has 1 amide bonds. The lowest BCUT2D eigenvalue weighted by Crippen LogP contribution is -2.36. The van der Waals surface area contributed by atoms with Crippen LogP contribution in [0.2, 0.25) is 5.02 Å². The van der Waals surface area contributed by atoms with E-state index in [-0.39, 0.29) is 23.5 Å². The molecule has 1 aliphatic rings. The van der Waals surface area contributed by atoms with Crippen molar-refractivity contribution in [3.8, 4) is 11.3 Å². The van der Waals surface area contributed by atoms with Crippen LogP contribution in [0.25, 0.3) is 11.3 Å². The Morgan fingerprint density at radius 3 is 2.88 bits per heavy atom. The van der Waals surface area contributed by atoms with Crippen molar-refractivity contribution in [3.05, 3.63) is 40.8 Å². The quantitative estimate of drug-likeness (QED) is 0.732. The van der Waals surface area contributed by atoms with Gasteiger partial charge in [0.25, 0.3) is 0 Å². The second-order valence-electron chi connectivity index (χ2n) is 7.07. The molecule has 25 heavy (non-hydrogen) atoms. The smallest absolute Gasteiger partial charge is 0.410 e. The van der Waals surface area contributed by atoms with Crippen molar-refractivity contribution in [2.75, 3.05) is 6.54 Å². The van der Waals surface area contributed by atoms with Gasteiger partial charge >= 0.3 is 6.09 Å². The van der Waals surface area contributed by atoms with E-state index in [1.165, 1.54) is 18.2 Å². The lowest BCUT2D eigenvalue weighted by atomic mass is 10.1. The molecule has 1 saturated heterocycles. The number of ether oxygens (including phenoxy) is 1. The summed E-state index contributed by atoms with van der Waals surface area (Å²) in [4.78, 5) is 14.0. The monoisotopic (exact) mass is 366 g/mol. The maximum atomic E-state index is 14.0. The van der Waals surface area contributed by atoms with Crippen molar-refractivity contribution in [3.63, 3.8) is 0 Å². The normalized spacial score (nSPS) is 17.8. The van der Waals surface area contributed by atoms with Gasteiger partial charge in [0, 0.05) is 17.6 Å². The molecular formula is C18H20ClFN2O3. The third-order valence-electron chi connectivity index (χ3n) is 3.94. The van der Waals surface area contributed by atoms with Crippen LogP contribution in [0.4, 0.5) is 9.18 Å². The predicted octanol–water partition coefficient (Wildman–Crippen LogP) is 5.21. The molecule has 0 radical (unpaired) electrons. The van der Waals surface area contributed by atoms with E-state index >= 15 is 0 Å². The van der Waals surface area contributed by atoms with Gasteiger partial charge in [0.05, 0.1) is 11.6 Å². The Hall–Kier alpha value is -2.08. The highest BCUT2D eigenvalue weighted by atomic mass is 35.5. The van der Waals surface area contributed by atoms with E-state index in [1.807, 2.05) is 20.8 Å². The average molecular weight is 367 g/mol. The summed E-state index contributed by atoms with van der Waals surface area (Å²) < 4.78 is 24.8. The van der Waals surface area contributed by atoms with Crippen LogP contribution in [0.1, 0.15) is 45.3 Å². The van der Waals surface area contributed by atoms with Crippen LogP contribution < -0.4 is 0 Å². The fourth-order valence-electron chi connectivity index (χ4n) is 2.87. The van der Waals surface area contributed by atoms with Crippen LogP contribution in [0.15, 0.2) is 28.8 Å². The zero-order valence-corrected chi connectivity index (χ0v) is 15.1. The molecule has 1 atom stereocenters. The fourth-order valence-corrected chi connectivity index (χ4v) is 3.04. The summed E-state index contributed by atoms with van der Waals surface area (Å²) in [5.74, 6) is -0.159. The highest BCUT2D eigenvalue weighted by Gasteiger charge is 2.35. The zero-order chi connectivity index (χ0) is 18.2. The molecule has 2 aromatic rings. The Bertz CT molecular complexity index is 785. The molecule has 0 bridgehead atoms. The summed E-state index contributed by atoms with van der Waals surface area (Å²) in [5.41, 5.74) is 0.258. The highest BCUT2D eigenvalue weighted by molar-refractivity contribution is 6.30. The summed E-state index contributed by atoms with van der Waals surface area (Å²) in [6.45, 7) is 6.07. The molecule has 0 spiro atoms. The van der Waals surface area contributed by atoms with Gasteiger partial charge in [-0.1, -0.05) is 16.8 Å². The molecule has 2 heterocycles.